The molecule has 1 aromatic heterocycles. The summed E-state index contributed by atoms with van der Waals surface area (Å²) in [6.07, 6.45) is 1.71. The Morgan fingerprint density at radius 3 is 2.40 bits per heavy atom. The Morgan fingerprint density at radius 2 is 1.68 bits per heavy atom. The minimum absolute atomic E-state index is 0.351. The van der Waals surface area contributed by atoms with Gasteiger partial charge < -0.3 is 16.4 Å². The number of halogens is 1. The second-order valence-electron chi connectivity index (χ2n) is 5.09. The molecule has 1 heterocycles. The van der Waals surface area contributed by atoms with Gasteiger partial charge in [0, 0.05) is 23.1 Å². The Labute approximate surface area is 154 Å². The lowest BCUT2D eigenvalue weighted by atomic mass is 10.2. The summed E-state index contributed by atoms with van der Waals surface area (Å²) < 4.78 is 0.786. The van der Waals surface area contributed by atoms with Gasteiger partial charge >= 0.3 is 0 Å². The minimum Gasteiger partial charge on any atom is -0.339 e. The number of nitrogens with two attached hydrogens (primary N) is 1. The van der Waals surface area contributed by atoms with E-state index in [1.165, 1.54) is 0 Å². The number of benzene rings is 2. The number of para-hydroxylation sites is 1. The van der Waals surface area contributed by atoms with Gasteiger partial charge in [-0.25, -0.2) is 4.98 Å². The quantitative estimate of drug-likeness (QED) is 0.583. The molecule has 0 aliphatic carbocycles. The molecule has 0 unspecified atom stereocenters. The Hall–Kier alpha value is -2.88. The number of nitrogens with zero attached hydrogens (tertiary/aromatic N) is 2. The van der Waals surface area contributed by atoms with E-state index in [4.69, 9.17) is 5.73 Å². The van der Waals surface area contributed by atoms with Gasteiger partial charge in [0.05, 0.1) is 11.0 Å². The fourth-order valence-corrected chi connectivity index (χ4v) is 2.38. The van der Waals surface area contributed by atoms with Crippen LogP contribution in [0.15, 0.2) is 65.3 Å². The Morgan fingerprint density at radius 1 is 0.960 bits per heavy atom. The van der Waals surface area contributed by atoms with Gasteiger partial charge in [0.15, 0.2) is 0 Å². The lowest BCUT2D eigenvalue weighted by molar-refractivity contribution is 1.15. The van der Waals surface area contributed by atoms with Crippen molar-refractivity contribution in [2.24, 2.45) is 5.73 Å². The van der Waals surface area contributed by atoms with Gasteiger partial charge in [-0.3, -0.25) is 0 Å². The van der Waals surface area contributed by atoms with Crippen LogP contribution in [0.4, 0.5) is 23.1 Å². The van der Waals surface area contributed by atoms with E-state index in [0.29, 0.717) is 18.3 Å². The van der Waals surface area contributed by atoms with Crippen LogP contribution < -0.4 is 16.4 Å². The molecular formula is C19H16BrN5. The summed E-state index contributed by atoms with van der Waals surface area (Å²) in [5.41, 5.74) is 8.13. The normalized spacial score (nSPS) is 9.84. The largest absolute Gasteiger partial charge is 0.339 e. The molecule has 0 radical (unpaired) electrons. The first-order valence-electron chi connectivity index (χ1n) is 7.65. The SMILES string of the molecule is NCC#Cc1ccc(Nc2ncc(Br)c(Nc3ccccc3)n2)cc1. The van der Waals surface area contributed by atoms with E-state index in [1.54, 1.807) is 6.20 Å². The summed E-state index contributed by atoms with van der Waals surface area (Å²) in [6.45, 7) is 0.351. The average molecular weight is 394 g/mol. The van der Waals surface area contributed by atoms with E-state index in [-0.39, 0.29) is 0 Å². The van der Waals surface area contributed by atoms with E-state index in [0.717, 1.165) is 21.4 Å². The predicted octanol–water partition coefficient (Wildman–Crippen LogP) is 4.04. The molecule has 0 saturated heterocycles. The Bertz CT molecular complexity index is 899. The molecule has 4 N–H and O–H groups in total. The maximum Gasteiger partial charge on any atom is 0.229 e. The molecule has 124 valence electrons. The van der Waals surface area contributed by atoms with Crippen molar-refractivity contribution in [3.8, 4) is 11.8 Å². The molecule has 0 atom stereocenters. The Kier molecular flexibility index (Phi) is 5.62. The third-order valence-corrected chi connectivity index (χ3v) is 3.84. The summed E-state index contributed by atoms with van der Waals surface area (Å²) >= 11 is 3.47. The van der Waals surface area contributed by atoms with E-state index in [9.17, 15) is 0 Å². The molecule has 25 heavy (non-hydrogen) atoms. The maximum absolute atomic E-state index is 5.38. The molecule has 0 bridgehead atoms. The number of hydrogen-bond donors (Lipinski definition) is 3. The second-order valence-corrected chi connectivity index (χ2v) is 5.94. The molecule has 3 aromatic rings. The molecule has 5 nitrogen and oxygen atoms in total. The summed E-state index contributed by atoms with van der Waals surface area (Å²) in [5.74, 6) is 7.01. The van der Waals surface area contributed by atoms with Crippen LogP contribution in [0.25, 0.3) is 0 Å². The molecule has 2 aromatic carbocycles. The molecule has 0 aliphatic rings. The highest BCUT2D eigenvalue weighted by molar-refractivity contribution is 9.10. The van der Waals surface area contributed by atoms with Gasteiger partial charge in [-0.15, -0.1) is 0 Å². The van der Waals surface area contributed by atoms with Crippen molar-refractivity contribution < 1.29 is 0 Å². The van der Waals surface area contributed by atoms with Crippen LogP contribution >= 0.6 is 15.9 Å². The lowest BCUT2D eigenvalue weighted by Gasteiger charge is -2.10. The van der Waals surface area contributed by atoms with E-state index in [2.05, 4.69) is 48.4 Å². The van der Waals surface area contributed by atoms with Crippen molar-refractivity contribution in [1.82, 2.24) is 9.97 Å². The highest BCUT2D eigenvalue weighted by atomic mass is 79.9. The van der Waals surface area contributed by atoms with Gasteiger partial charge in [0.25, 0.3) is 0 Å². The van der Waals surface area contributed by atoms with Crippen molar-refractivity contribution >= 4 is 39.1 Å². The summed E-state index contributed by atoms with van der Waals surface area (Å²) in [4.78, 5) is 8.80. The van der Waals surface area contributed by atoms with Gasteiger partial charge in [0.1, 0.15) is 5.82 Å². The van der Waals surface area contributed by atoms with E-state index in [1.807, 2.05) is 54.6 Å². The minimum atomic E-state index is 0.351. The smallest absolute Gasteiger partial charge is 0.229 e. The average Bonchev–Trinajstić information content (AvgIpc) is 2.65. The van der Waals surface area contributed by atoms with Crippen molar-refractivity contribution in [2.75, 3.05) is 17.2 Å². The summed E-state index contributed by atoms with van der Waals surface area (Å²) in [7, 11) is 0. The van der Waals surface area contributed by atoms with Gasteiger partial charge in [0.2, 0.25) is 5.95 Å². The Balaban J connectivity index is 1.75. The van der Waals surface area contributed by atoms with E-state index >= 15 is 0 Å². The van der Waals surface area contributed by atoms with Crippen LogP contribution in [0.5, 0.6) is 0 Å². The van der Waals surface area contributed by atoms with Gasteiger partial charge in [-0.2, -0.15) is 4.98 Å². The fourth-order valence-electron chi connectivity index (χ4n) is 2.09. The first kappa shape index (κ1) is 17.0. The zero-order valence-electron chi connectivity index (χ0n) is 13.3. The van der Waals surface area contributed by atoms with Crippen molar-refractivity contribution in [2.45, 2.75) is 0 Å². The highest BCUT2D eigenvalue weighted by Gasteiger charge is 2.06. The van der Waals surface area contributed by atoms with Crippen molar-refractivity contribution in [3.05, 3.63) is 70.8 Å². The highest BCUT2D eigenvalue weighted by Crippen LogP contribution is 2.25. The van der Waals surface area contributed by atoms with Gasteiger partial charge in [-0.05, 0) is 52.3 Å². The van der Waals surface area contributed by atoms with Crippen LogP contribution in [0.3, 0.4) is 0 Å². The molecule has 0 saturated carbocycles. The second kappa shape index (κ2) is 8.29. The third kappa shape index (κ3) is 4.80. The topological polar surface area (TPSA) is 75.9 Å². The predicted molar refractivity (Wildman–Crippen MR) is 105 cm³/mol. The van der Waals surface area contributed by atoms with E-state index < -0.39 is 0 Å². The molecule has 0 fully saturated rings. The maximum atomic E-state index is 5.38. The summed E-state index contributed by atoms with van der Waals surface area (Å²) in [5, 5.41) is 6.45. The summed E-state index contributed by atoms with van der Waals surface area (Å²) in [6, 6.07) is 17.5. The zero-order valence-corrected chi connectivity index (χ0v) is 14.9. The number of rotatable bonds is 4. The monoisotopic (exact) mass is 393 g/mol. The molecule has 0 spiro atoms. The van der Waals surface area contributed by atoms with Crippen LogP contribution in [0, 0.1) is 11.8 Å². The number of nitrogens with one attached hydrogen (secondary N) is 2. The van der Waals surface area contributed by atoms with Crippen LogP contribution in [0.2, 0.25) is 0 Å². The van der Waals surface area contributed by atoms with Crippen molar-refractivity contribution in [1.29, 1.82) is 0 Å². The number of anilines is 4. The first-order valence-corrected chi connectivity index (χ1v) is 8.44. The number of hydrogen-bond acceptors (Lipinski definition) is 5. The molecule has 6 heteroatoms. The van der Waals surface area contributed by atoms with Gasteiger partial charge in [-0.1, -0.05) is 30.0 Å². The zero-order chi connectivity index (χ0) is 17.5. The van der Waals surface area contributed by atoms with Crippen LogP contribution in [-0.4, -0.2) is 16.5 Å². The molecule has 0 aliphatic heterocycles. The third-order valence-electron chi connectivity index (χ3n) is 3.26. The molecule has 0 amide bonds. The first-order chi connectivity index (χ1) is 12.2. The van der Waals surface area contributed by atoms with Crippen LogP contribution in [-0.2, 0) is 0 Å². The van der Waals surface area contributed by atoms with Crippen molar-refractivity contribution in [3.63, 3.8) is 0 Å². The lowest BCUT2D eigenvalue weighted by Crippen LogP contribution is -2.01. The standard InChI is InChI=1S/C19H16BrN5/c20-17-13-22-19(25-18(17)23-15-6-2-1-3-7-15)24-16-10-8-14(9-11-16)5-4-12-21/h1-3,6-11,13H,12,21H2,(H2,22,23,24,25). The fraction of sp³-hybridized carbons (Fsp3) is 0.0526. The molecule has 3 rings (SSSR count). The molecular weight excluding hydrogens is 378 g/mol. The number of aromatic nitrogens is 2. The van der Waals surface area contributed by atoms with Crippen LogP contribution in [0.1, 0.15) is 5.56 Å².